The number of rotatable bonds is 5. The highest BCUT2D eigenvalue weighted by molar-refractivity contribution is 5.63. The molecular weight excluding hydrogens is 322 g/mol. The number of fused-ring (bicyclic) bond motifs is 1. The van der Waals surface area contributed by atoms with Crippen molar-refractivity contribution in [1.82, 2.24) is 0 Å². The summed E-state index contributed by atoms with van der Waals surface area (Å²) < 4.78 is 55.1. The Morgan fingerprint density at radius 1 is 0.958 bits per heavy atom. The number of aliphatic hydroxyl groups excluding tert-OH is 1. The Morgan fingerprint density at radius 3 is 2.21 bits per heavy atom. The monoisotopic (exact) mass is 339 g/mol. The first-order chi connectivity index (χ1) is 11.5. The number of nitrogens with zero attached hydrogens (tertiary/aromatic N) is 1. The lowest BCUT2D eigenvalue weighted by Gasteiger charge is -2.39. The van der Waals surface area contributed by atoms with Gasteiger partial charge in [-0.1, -0.05) is 42.5 Å². The number of benzene rings is 2. The second kappa shape index (κ2) is 6.43. The minimum absolute atomic E-state index is 0.0268. The van der Waals surface area contributed by atoms with Crippen LogP contribution in [0.4, 0.5) is 23.2 Å². The molecule has 0 radical (unpaired) electrons. The van der Waals surface area contributed by atoms with Crippen molar-refractivity contribution in [2.75, 3.05) is 4.90 Å². The molecule has 0 spiro atoms. The molecule has 0 aliphatic carbocycles. The van der Waals surface area contributed by atoms with Gasteiger partial charge in [0, 0.05) is 18.7 Å². The molecule has 2 aromatic rings. The molecule has 2 nitrogen and oxygen atoms in total. The van der Waals surface area contributed by atoms with Crippen molar-refractivity contribution in [2.24, 2.45) is 0 Å². The van der Waals surface area contributed by atoms with E-state index in [-0.39, 0.29) is 13.2 Å². The molecule has 1 N–H and O–H groups in total. The zero-order valence-corrected chi connectivity index (χ0v) is 12.8. The number of alkyl halides is 4. The molecule has 0 bridgehead atoms. The fourth-order valence-electron chi connectivity index (χ4n) is 3.25. The van der Waals surface area contributed by atoms with Crippen LogP contribution in [0, 0.1) is 0 Å². The molecule has 0 aromatic heterocycles. The van der Waals surface area contributed by atoms with Crippen LogP contribution in [-0.2, 0) is 19.6 Å². The van der Waals surface area contributed by atoms with Gasteiger partial charge in [-0.25, -0.2) is 17.6 Å². The summed E-state index contributed by atoms with van der Waals surface area (Å²) in [4.78, 5) is 1.12. The van der Waals surface area contributed by atoms with E-state index in [4.69, 9.17) is 0 Å². The molecule has 0 atom stereocenters. The van der Waals surface area contributed by atoms with Gasteiger partial charge in [-0.2, -0.15) is 0 Å². The molecule has 1 aliphatic rings. The van der Waals surface area contributed by atoms with Crippen LogP contribution in [0.1, 0.15) is 16.7 Å². The van der Waals surface area contributed by atoms with E-state index >= 15 is 0 Å². The standard InChI is InChI=1S/C18H17F4NO/c19-16(20)18(17(21)22)9-14-8-13(11-24)6-7-15(14)23(18)10-12-4-2-1-3-5-12/h1-8,16-17,24H,9-11H2. The Morgan fingerprint density at radius 2 is 1.62 bits per heavy atom. The molecule has 0 saturated heterocycles. The molecule has 0 amide bonds. The summed E-state index contributed by atoms with van der Waals surface area (Å²) >= 11 is 0. The van der Waals surface area contributed by atoms with Gasteiger partial charge >= 0.3 is 0 Å². The van der Waals surface area contributed by atoms with Crippen LogP contribution in [0.2, 0.25) is 0 Å². The highest BCUT2D eigenvalue weighted by atomic mass is 19.3. The number of hydrogen-bond acceptors (Lipinski definition) is 2. The smallest absolute Gasteiger partial charge is 0.267 e. The minimum atomic E-state index is -3.20. The van der Waals surface area contributed by atoms with Crippen molar-refractivity contribution >= 4 is 5.69 Å². The topological polar surface area (TPSA) is 23.5 Å². The third kappa shape index (κ3) is 2.65. The van der Waals surface area contributed by atoms with E-state index < -0.39 is 24.8 Å². The Labute approximate surface area is 137 Å². The van der Waals surface area contributed by atoms with Gasteiger partial charge in [0.15, 0.2) is 5.54 Å². The van der Waals surface area contributed by atoms with Crippen molar-refractivity contribution in [3.05, 3.63) is 65.2 Å². The summed E-state index contributed by atoms with van der Waals surface area (Å²) in [6.07, 6.45) is -6.85. The van der Waals surface area contributed by atoms with Gasteiger partial charge in [-0.3, -0.25) is 0 Å². The summed E-state index contributed by atoms with van der Waals surface area (Å²) in [6, 6.07) is 13.4. The van der Waals surface area contributed by atoms with Crippen LogP contribution in [0.15, 0.2) is 48.5 Å². The van der Waals surface area contributed by atoms with Crippen LogP contribution < -0.4 is 4.90 Å². The van der Waals surface area contributed by atoms with Gasteiger partial charge < -0.3 is 10.0 Å². The minimum Gasteiger partial charge on any atom is -0.392 e. The van der Waals surface area contributed by atoms with E-state index in [1.54, 1.807) is 36.4 Å². The quantitative estimate of drug-likeness (QED) is 0.832. The lowest BCUT2D eigenvalue weighted by atomic mass is 9.94. The van der Waals surface area contributed by atoms with Crippen LogP contribution in [-0.4, -0.2) is 23.5 Å². The Kier molecular flexibility index (Phi) is 4.49. The first-order valence-corrected chi connectivity index (χ1v) is 7.59. The molecule has 0 fully saturated rings. The molecule has 1 aliphatic heterocycles. The molecule has 2 aromatic carbocycles. The fraction of sp³-hybridized carbons (Fsp3) is 0.333. The molecule has 0 unspecified atom stereocenters. The third-order valence-corrected chi connectivity index (χ3v) is 4.53. The van der Waals surface area contributed by atoms with Crippen molar-refractivity contribution in [3.63, 3.8) is 0 Å². The van der Waals surface area contributed by atoms with Crippen LogP contribution >= 0.6 is 0 Å². The van der Waals surface area contributed by atoms with Crippen molar-refractivity contribution in [1.29, 1.82) is 0 Å². The van der Waals surface area contributed by atoms with Crippen molar-refractivity contribution in [3.8, 4) is 0 Å². The van der Waals surface area contributed by atoms with Crippen LogP contribution in [0.3, 0.4) is 0 Å². The van der Waals surface area contributed by atoms with Gasteiger partial charge in [0.25, 0.3) is 12.9 Å². The number of anilines is 1. The van der Waals surface area contributed by atoms with Gasteiger partial charge in [0.2, 0.25) is 0 Å². The van der Waals surface area contributed by atoms with Gasteiger partial charge in [0.05, 0.1) is 6.61 Å². The third-order valence-electron chi connectivity index (χ3n) is 4.53. The van der Waals surface area contributed by atoms with E-state index in [2.05, 4.69) is 0 Å². The fourth-order valence-corrected chi connectivity index (χ4v) is 3.25. The number of aliphatic hydroxyl groups is 1. The summed E-state index contributed by atoms with van der Waals surface area (Å²) in [7, 11) is 0. The maximum Gasteiger partial charge on any atom is 0.267 e. The normalized spacial score (nSPS) is 16.0. The Balaban J connectivity index is 2.08. The predicted molar refractivity (Wildman–Crippen MR) is 83.4 cm³/mol. The first-order valence-electron chi connectivity index (χ1n) is 7.59. The summed E-state index contributed by atoms with van der Waals surface area (Å²) in [6.45, 7) is -0.288. The highest BCUT2D eigenvalue weighted by Gasteiger charge is 2.57. The first kappa shape index (κ1) is 16.8. The number of halogens is 4. The van der Waals surface area contributed by atoms with Gasteiger partial charge in [-0.05, 0) is 22.8 Å². The van der Waals surface area contributed by atoms with Crippen LogP contribution in [0.5, 0.6) is 0 Å². The van der Waals surface area contributed by atoms with E-state index in [0.717, 1.165) is 4.90 Å². The zero-order valence-electron chi connectivity index (χ0n) is 12.8. The molecule has 0 saturated carbocycles. The molecule has 3 rings (SSSR count). The van der Waals surface area contributed by atoms with Crippen LogP contribution in [0.25, 0.3) is 0 Å². The SMILES string of the molecule is OCc1ccc2c(c1)CC(C(F)F)(C(F)F)N2Cc1ccccc1. The van der Waals surface area contributed by atoms with Gasteiger partial charge in [0.1, 0.15) is 0 Å². The average molecular weight is 339 g/mol. The summed E-state index contributed by atoms with van der Waals surface area (Å²) in [5.41, 5.74) is -0.559. The number of hydrogen-bond donors (Lipinski definition) is 1. The predicted octanol–water partition coefficient (Wildman–Crippen LogP) is 4.01. The Bertz CT molecular complexity index is 697. The lowest BCUT2D eigenvalue weighted by molar-refractivity contribution is -0.0493. The highest BCUT2D eigenvalue weighted by Crippen LogP contribution is 2.46. The van der Waals surface area contributed by atoms with E-state index in [1.165, 1.54) is 12.1 Å². The molecule has 1 heterocycles. The molecule has 128 valence electrons. The zero-order chi connectivity index (χ0) is 17.3. The van der Waals surface area contributed by atoms with Gasteiger partial charge in [-0.15, -0.1) is 0 Å². The largest absolute Gasteiger partial charge is 0.392 e. The average Bonchev–Trinajstić information content (AvgIpc) is 2.90. The van der Waals surface area contributed by atoms with Crippen molar-refractivity contribution < 1.29 is 22.7 Å². The van der Waals surface area contributed by atoms with Crippen molar-refractivity contribution in [2.45, 2.75) is 38.0 Å². The maximum absolute atomic E-state index is 13.8. The lowest BCUT2D eigenvalue weighted by Crippen LogP contribution is -2.57. The second-order valence-electron chi connectivity index (χ2n) is 5.96. The molecule has 6 heteroatoms. The maximum atomic E-state index is 13.8. The second-order valence-corrected chi connectivity index (χ2v) is 5.96. The van der Waals surface area contributed by atoms with E-state index in [1.807, 2.05) is 0 Å². The molecule has 24 heavy (non-hydrogen) atoms. The van der Waals surface area contributed by atoms with E-state index in [0.29, 0.717) is 22.4 Å². The summed E-state index contributed by atoms with van der Waals surface area (Å²) in [5, 5.41) is 9.21. The summed E-state index contributed by atoms with van der Waals surface area (Å²) in [5.74, 6) is 0. The van der Waals surface area contributed by atoms with E-state index in [9.17, 15) is 22.7 Å². The molecular formula is C18H17F4NO. The Hall–Kier alpha value is -2.08.